The van der Waals surface area contributed by atoms with E-state index in [-0.39, 0.29) is 25.4 Å². The van der Waals surface area contributed by atoms with Crippen LogP contribution in [0.1, 0.15) is 44.1 Å². The van der Waals surface area contributed by atoms with Gasteiger partial charge in [0.15, 0.2) is 0 Å². The van der Waals surface area contributed by atoms with E-state index in [1.54, 1.807) is 0 Å². The van der Waals surface area contributed by atoms with Crippen LogP contribution in [0.5, 0.6) is 0 Å². The van der Waals surface area contributed by atoms with Crippen LogP contribution in [0, 0.1) is 5.92 Å². The van der Waals surface area contributed by atoms with Crippen molar-refractivity contribution in [1.29, 1.82) is 0 Å². The van der Waals surface area contributed by atoms with Gasteiger partial charge in [0, 0.05) is 26.1 Å². The summed E-state index contributed by atoms with van der Waals surface area (Å²) in [6.45, 7) is 1.12. The average molecular weight is 323 g/mol. The molecule has 3 rings (SSSR count). The van der Waals surface area contributed by atoms with Crippen LogP contribution in [0.15, 0.2) is 30.3 Å². The van der Waals surface area contributed by atoms with E-state index in [1.165, 1.54) is 0 Å². The third-order valence-corrected chi connectivity index (χ3v) is 5.54. The standard InChI is InChI=1S/C19H27F2NO/c20-17-12-18(21)14-22(13-17)11-10-19(23,16-8-4-5-9-16)15-6-2-1-3-7-15/h1-3,6-7,16-18,23H,4-5,8-14H2/t17-,18+,19?. The number of rotatable bonds is 5. The molecule has 1 heterocycles. The van der Waals surface area contributed by atoms with Crippen molar-refractivity contribution in [3.8, 4) is 0 Å². The number of halogens is 2. The molecule has 128 valence electrons. The highest BCUT2D eigenvalue weighted by atomic mass is 19.1. The van der Waals surface area contributed by atoms with Crippen molar-refractivity contribution in [1.82, 2.24) is 4.90 Å². The molecule has 0 spiro atoms. The monoisotopic (exact) mass is 323 g/mol. The largest absolute Gasteiger partial charge is 0.385 e. The summed E-state index contributed by atoms with van der Waals surface area (Å²) in [5.41, 5.74) is 0.0600. The zero-order chi connectivity index (χ0) is 16.3. The summed E-state index contributed by atoms with van der Waals surface area (Å²) in [6.07, 6.45) is 2.75. The normalized spacial score (nSPS) is 29.5. The fourth-order valence-electron chi connectivity index (χ4n) is 4.29. The molecule has 0 aromatic heterocycles. The second kappa shape index (κ2) is 7.27. The molecule has 1 saturated carbocycles. The number of hydrogen-bond donors (Lipinski definition) is 1. The van der Waals surface area contributed by atoms with E-state index in [0.29, 0.717) is 13.0 Å². The predicted molar refractivity (Wildman–Crippen MR) is 87.8 cm³/mol. The second-order valence-corrected chi connectivity index (χ2v) is 7.21. The molecule has 3 atom stereocenters. The van der Waals surface area contributed by atoms with Crippen LogP contribution >= 0.6 is 0 Å². The third kappa shape index (κ3) is 3.92. The van der Waals surface area contributed by atoms with Gasteiger partial charge in [-0.05, 0) is 30.7 Å². The number of nitrogens with zero attached hydrogens (tertiary/aromatic N) is 1. The summed E-state index contributed by atoms with van der Waals surface area (Å²) in [7, 11) is 0. The number of aliphatic hydroxyl groups is 1. The number of hydrogen-bond acceptors (Lipinski definition) is 2. The summed E-state index contributed by atoms with van der Waals surface area (Å²) in [5.74, 6) is 0.247. The summed E-state index contributed by atoms with van der Waals surface area (Å²) in [5, 5.41) is 11.4. The first-order valence-corrected chi connectivity index (χ1v) is 8.86. The van der Waals surface area contributed by atoms with Gasteiger partial charge in [-0.2, -0.15) is 0 Å². The SMILES string of the molecule is OC(CCN1C[C@H](F)C[C@H](F)C1)(c1ccccc1)C1CCCC1. The number of alkyl halides is 2. The fraction of sp³-hybridized carbons (Fsp3) is 0.684. The van der Waals surface area contributed by atoms with Gasteiger partial charge in [-0.15, -0.1) is 0 Å². The van der Waals surface area contributed by atoms with Crippen LogP contribution in [0.4, 0.5) is 8.78 Å². The topological polar surface area (TPSA) is 23.5 Å². The van der Waals surface area contributed by atoms with E-state index in [4.69, 9.17) is 0 Å². The summed E-state index contributed by atoms with van der Waals surface area (Å²) >= 11 is 0. The smallest absolute Gasteiger partial charge is 0.116 e. The van der Waals surface area contributed by atoms with Gasteiger partial charge < -0.3 is 5.11 Å². The molecular weight excluding hydrogens is 296 g/mol. The van der Waals surface area contributed by atoms with E-state index >= 15 is 0 Å². The highest BCUT2D eigenvalue weighted by Crippen LogP contribution is 2.43. The Kier molecular flexibility index (Phi) is 5.32. The van der Waals surface area contributed by atoms with Crippen molar-refractivity contribution in [3.05, 3.63) is 35.9 Å². The van der Waals surface area contributed by atoms with Gasteiger partial charge in [0.1, 0.15) is 12.3 Å². The maximum Gasteiger partial charge on any atom is 0.116 e. The Morgan fingerprint density at radius 3 is 2.26 bits per heavy atom. The highest BCUT2D eigenvalue weighted by molar-refractivity contribution is 5.23. The first-order valence-electron chi connectivity index (χ1n) is 8.86. The number of piperidine rings is 1. The van der Waals surface area contributed by atoms with Gasteiger partial charge in [-0.3, -0.25) is 4.90 Å². The molecule has 1 unspecified atom stereocenters. The molecule has 4 heteroatoms. The van der Waals surface area contributed by atoms with Crippen molar-refractivity contribution in [2.75, 3.05) is 19.6 Å². The zero-order valence-corrected chi connectivity index (χ0v) is 13.6. The molecule has 1 aromatic carbocycles. The zero-order valence-electron chi connectivity index (χ0n) is 13.6. The Morgan fingerprint density at radius 2 is 1.65 bits per heavy atom. The second-order valence-electron chi connectivity index (χ2n) is 7.21. The predicted octanol–water partition coefficient (Wildman–Crippen LogP) is 3.84. The lowest BCUT2D eigenvalue weighted by atomic mass is 9.77. The van der Waals surface area contributed by atoms with E-state index < -0.39 is 17.9 Å². The van der Waals surface area contributed by atoms with Gasteiger partial charge in [0.05, 0.1) is 5.60 Å². The molecule has 2 fully saturated rings. The van der Waals surface area contributed by atoms with Crippen molar-refractivity contribution in [2.45, 2.75) is 56.5 Å². The Balaban J connectivity index is 1.71. The Hall–Kier alpha value is -1.00. The molecular formula is C19H27F2NO. The van der Waals surface area contributed by atoms with Crippen molar-refractivity contribution >= 4 is 0 Å². The van der Waals surface area contributed by atoms with Crippen LogP contribution in [-0.2, 0) is 5.60 Å². The van der Waals surface area contributed by atoms with Crippen LogP contribution in [-0.4, -0.2) is 42.0 Å². The summed E-state index contributed by atoms with van der Waals surface area (Å²) < 4.78 is 27.2. The van der Waals surface area contributed by atoms with Gasteiger partial charge in [-0.25, -0.2) is 8.78 Å². The van der Waals surface area contributed by atoms with Crippen LogP contribution < -0.4 is 0 Å². The third-order valence-electron chi connectivity index (χ3n) is 5.54. The lowest BCUT2D eigenvalue weighted by Crippen LogP contribution is -2.45. The molecule has 1 saturated heterocycles. The van der Waals surface area contributed by atoms with Gasteiger partial charge in [0.2, 0.25) is 0 Å². The first kappa shape index (κ1) is 16.8. The molecule has 2 nitrogen and oxygen atoms in total. The van der Waals surface area contributed by atoms with E-state index in [2.05, 4.69) is 0 Å². The minimum atomic E-state index is -1.09. The minimum absolute atomic E-state index is 0.0160. The summed E-state index contributed by atoms with van der Waals surface area (Å²) in [4.78, 5) is 1.84. The van der Waals surface area contributed by atoms with E-state index in [9.17, 15) is 13.9 Å². The van der Waals surface area contributed by atoms with Gasteiger partial charge in [-0.1, -0.05) is 43.2 Å². The molecule has 23 heavy (non-hydrogen) atoms. The van der Waals surface area contributed by atoms with Gasteiger partial charge in [0.25, 0.3) is 0 Å². The summed E-state index contributed by atoms with van der Waals surface area (Å²) in [6, 6.07) is 9.80. The lowest BCUT2D eigenvalue weighted by molar-refractivity contribution is -0.0428. The number of likely N-dealkylation sites (tertiary alicyclic amines) is 1. The molecule has 1 N–H and O–H groups in total. The van der Waals surface area contributed by atoms with Crippen LogP contribution in [0.25, 0.3) is 0 Å². The Labute approximate surface area is 137 Å². The first-order chi connectivity index (χ1) is 11.1. The quantitative estimate of drug-likeness (QED) is 0.890. The maximum atomic E-state index is 13.6. The van der Waals surface area contributed by atoms with Crippen molar-refractivity contribution in [3.63, 3.8) is 0 Å². The van der Waals surface area contributed by atoms with E-state index in [0.717, 1.165) is 31.2 Å². The van der Waals surface area contributed by atoms with Crippen LogP contribution in [0.2, 0.25) is 0 Å². The molecule has 0 radical (unpaired) electrons. The van der Waals surface area contributed by atoms with E-state index in [1.807, 2.05) is 35.2 Å². The fourth-order valence-corrected chi connectivity index (χ4v) is 4.29. The highest BCUT2D eigenvalue weighted by Gasteiger charge is 2.40. The average Bonchev–Trinajstić information content (AvgIpc) is 3.08. The maximum absolute atomic E-state index is 13.6. The van der Waals surface area contributed by atoms with Crippen molar-refractivity contribution < 1.29 is 13.9 Å². The molecule has 1 aromatic rings. The minimum Gasteiger partial charge on any atom is -0.385 e. The van der Waals surface area contributed by atoms with Crippen LogP contribution in [0.3, 0.4) is 0 Å². The Bertz CT molecular complexity index is 481. The van der Waals surface area contributed by atoms with Gasteiger partial charge >= 0.3 is 0 Å². The Morgan fingerprint density at radius 1 is 1.04 bits per heavy atom. The molecule has 1 aliphatic carbocycles. The molecule has 0 bridgehead atoms. The van der Waals surface area contributed by atoms with Crippen molar-refractivity contribution in [2.24, 2.45) is 5.92 Å². The molecule has 1 aliphatic heterocycles. The number of benzene rings is 1. The molecule has 2 aliphatic rings. The molecule has 0 amide bonds. The lowest BCUT2D eigenvalue weighted by Gasteiger charge is -2.38.